The number of carbonyl (C=O) groups excluding carboxylic acids is 1. The van der Waals surface area contributed by atoms with Gasteiger partial charge in [0.2, 0.25) is 0 Å². The summed E-state index contributed by atoms with van der Waals surface area (Å²) in [4.78, 5) is 11.7. The fourth-order valence-electron chi connectivity index (χ4n) is 1.61. The first-order valence-corrected chi connectivity index (χ1v) is 5.81. The van der Waals surface area contributed by atoms with Crippen LogP contribution in [0.25, 0.3) is 0 Å². The predicted molar refractivity (Wildman–Crippen MR) is 72.6 cm³/mol. The minimum absolute atomic E-state index is 0.237. The summed E-state index contributed by atoms with van der Waals surface area (Å²) in [7, 11) is 0. The Morgan fingerprint density at radius 1 is 1.21 bits per heavy atom. The van der Waals surface area contributed by atoms with Gasteiger partial charge in [-0.3, -0.25) is 4.79 Å². The number of nitrogens with zero attached hydrogens (tertiary/aromatic N) is 1. The minimum atomic E-state index is -0.449. The molecule has 3 nitrogen and oxygen atoms in total. The Labute approximate surface area is 110 Å². The van der Waals surface area contributed by atoms with Gasteiger partial charge in [0.15, 0.2) is 0 Å². The van der Waals surface area contributed by atoms with Crippen LogP contribution in [0.1, 0.15) is 21.5 Å². The fourth-order valence-corrected chi connectivity index (χ4v) is 1.61. The third-order valence-electron chi connectivity index (χ3n) is 2.51. The SMILES string of the molecule is Cc1cccc(C=NNC(=O)c2cccc(F)c2)c1. The lowest BCUT2D eigenvalue weighted by Gasteiger charge is -2.00. The number of carbonyl (C=O) groups is 1. The van der Waals surface area contributed by atoms with Crippen LogP contribution in [0.4, 0.5) is 4.39 Å². The Bertz CT molecular complexity index is 623. The number of nitrogens with one attached hydrogen (secondary N) is 1. The molecule has 2 aromatic carbocycles. The molecule has 0 aliphatic carbocycles. The minimum Gasteiger partial charge on any atom is -0.267 e. The van der Waals surface area contributed by atoms with Crippen LogP contribution < -0.4 is 5.43 Å². The van der Waals surface area contributed by atoms with E-state index in [-0.39, 0.29) is 5.56 Å². The first-order chi connectivity index (χ1) is 9.15. The van der Waals surface area contributed by atoms with Crippen LogP contribution in [-0.2, 0) is 0 Å². The van der Waals surface area contributed by atoms with E-state index in [0.29, 0.717) is 0 Å². The molecule has 0 radical (unpaired) electrons. The highest BCUT2D eigenvalue weighted by Gasteiger charge is 2.04. The van der Waals surface area contributed by atoms with Gasteiger partial charge >= 0.3 is 0 Å². The molecule has 0 saturated carbocycles. The highest BCUT2D eigenvalue weighted by molar-refractivity contribution is 5.94. The Morgan fingerprint density at radius 3 is 2.74 bits per heavy atom. The second kappa shape index (κ2) is 5.91. The van der Waals surface area contributed by atoms with Crippen LogP contribution in [0.3, 0.4) is 0 Å². The van der Waals surface area contributed by atoms with E-state index >= 15 is 0 Å². The smallest absolute Gasteiger partial charge is 0.267 e. The van der Waals surface area contributed by atoms with Gasteiger partial charge in [-0.2, -0.15) is 5.10 Å². The first-order valence-electron chi connectivity index (χ1n) is 5.81. The zero-order chi connectivity index (χ0) is 13.7. The summed E-state index contributed by atoms with van der Waals surface area (Å²) in [6.45, 7) is 1.97. The lowest BCUT2D eigenvalue weighted by Crippen LogP contribution is -2.17. The summed E-state index contributed by atoms with van der Waals surface area (Å²) < 4.78 is 12.9. The van der Waals surface area contributed by atoms with Gasteiger partial charge in [-0.25, -0.2) is 9.82 Å². The van der Waals surface area contributed by atoms with Gasteiger partial charge in [-0.1, -0.05) is 35.9 Å². The molecule has 0 aliphatic heterocycles. The Morgan fingerprint density at radius 2 is 2.00 bits per heavy atom. The van der Waals surface area contributed by atoms with Crippen molar-refractivity contribution in [2.24, 2.45) is 5.10 Å². The molecule has 0 aliphatic rings. The molecule has 96 valence electrons. The molecule has 0 fully saturated rings. The van der Waals surface area contributed by atoms with Gasteiger partial charge in [0.05, 0.1) is 6.21 Å². The highest BCUT2D eigenvalue weighted by atomic mass is 19.1. The summed E-state index contributed by atoms with van der Waals surface area (Å²) in [5.41, 5.74) is 4.60. The van der Waals surface area contributed by atoms with Crippen molar-refractivity contribution in [2.75, 3.05) is 0 Å². The van der Waals surface area contributed by atoms with Crippen LogP contribution >= 0.6 is 0 Å². The number of benzene rings is 2. The first kappa shape index (κ1) is 13.0. The zero-order valence-corrected chi connectivity index (χ0v) is 10.4. The summed E-state index contributed by atoms with van der Waals surface area (Å²) in [5, 5.41) is 3.84. The third-order valence-corrected chi connectivity index (χ3v) is 2.51. The molecule has 0 heterocycles. The topological polar surface area (TPSA) is 41.5 Å². The maximum Gasteiger partial charge on any atom is 0.271 e. The molecule has 4 heteroatoms. The molecule has 0 aromatic heterocycles. The molecule has 0 saturated heterocycles. The molecule has 0 bridgehead atoms. The third kappa shape index (κ3) is 3.74. The molecule has 0 unspecified atom stereocenters. The zero-order valence-electron chi connectivity index (χ0n) is 10.4. The standard InChI is InChI=1S/C15H13FN2O/c1-11-4-2-5-12(8-11)10-17-18-15(19)13-6-3-7-14(16)9-13/h2-10H,1H3,(H,18,19). The summed E-state index contributed by atoms with van der Waals surface area (Å²) >= 11 is 0. The number of hydrogen-bond donors (Lipinski definition) is 1. The average Bonchev–Trinajstić information content (AvgIpc) is 2.38. The summed E-state index contributed by atoms with van der Waals surface area (Å²) in [5.74, 6) is -0.890. The molecular formula is C15H13FN2O. The molecule has 0 atom stereocenters. The van der Waals surface area contributed by atoms with E-state index in [9.17, 15) is 9.18 Å². The van der Waals surface area contributed by atoms with Crippen molar-refractivity contribution in [3.8, 4) is 0 Å². The second-order valence-corrected chi connectivity index (χ2v) is 4.12. The molecular weight excluding hydrogens is 243 g/mol. The van der Waals surface area contributed by atoms with Gasteiger partial charge in [-0.15, -0.1) is 0 Å². The number of halogens is 1. The maximum atomic E-state index is 12.9. The van der Waals surface area contributed by atoms with Crippen molar-refractivity contribution < 1.29 is 9.18 Å². The van der Waals surface area contributed by atoms with Crippen molar-refractivity contribution in [2.45, 2.75) is 6.92 Å². The number of hydrogen-bond acceptors (Lipinski definition) is 2. The van der Waals surface area contributed by atoms with Crippen molar-refractivity contribution in [1.29, 1.82) is 0 Å². The van der Waals surface area contributed by atoms with Gasteiger partial charge in [0.1, 0.15) is 5.82 Å². The monoisotopic (exact) mass is 256 g/mol. The van der Waals surface area contributed by atoms with Gasteiger partial charge < -0.3 is 0 Å². The molecule has 1 N–H and O–H groups in total. The van der Waals surface area contributed by atoms with Crippen molar-refractivity contribution in [1.82, 2.24) is 5.43 Å². The highest BCUT2D eigenvalue weighted by Crippen LogP contribution is 2.03. The van der Waals surface area contributed by atoms with Crippen molar-refractivity contribution in [3.63, 3.8) is 0 Å². The number of aryl methyl sites for hydroxylation is 1. The van der Waals surface area contributed by atoms with E-state index in [2.05, 4.69) is 10.5 Å². The van der Waals surface area contributed by atoms with Crippen LogP contribution in [0.5, 0.6) is 0 Å². The van der Waals surface area contributed by atoms with E-state index in [1.54, 1.807) is 6.21 Å². The number of rotatable bonds is 3. The van der Waals surface area contributed by atoms with Crippen LogP contribution in [0.2, 0.25) is 0 Å². The lowest BCUT2D eigenvalue weighted by atomic mass is 10.2. The Balaban J connectivity index is 2.01. The van der Waals surface area contributed by atoms with Crippen molar-refractivity contribution >= 4 is 12.1 Å². The van der Waals surface area contributed by atoms with Gasteiger partial charge in [0, 0.05) is 5.56 Å². The van der Waals surface area contributed by atoms with E-state index in [1.165, 1.54) is 18.2 Å². The van der Waals surface area contributed by atoms with Crippen LogP contribution in [0, 0.1) is 12.7 Å². The molecule has 19 heavy (non-hydrogen) atoms. The quantitative estimate of drug-likeness (QED) is 0.665. The van der Waals surface area contributed by atoms with Gasteiger partial charge in [0.25, 0.3) is 5.91 Å². The molecule has 2 rings (SSSR count). The maximum absolute atomic E-state index is 12.9. The predicted octanol–water partition coefficient (Wildman–Crippen LogP) is 2.90. The molecule has 2 aromatic rings. The lowest BCUT2D eigenvalue weighted by molar-refractivity contribution is 0.0954. The second-order valence-electron chi connectivity index (χ2n) is 4.12. The Kier molecular flexibility index (Phi) is 4.03. The summed E-state index contributed by atoms with van der Waals surface area (Å²) in [6, 6.07) is 13.2. The van der Waals surface area contributed by atoms with E-state index in [0.717, 1.165) is 17.2 Å². The van der Waals surface area contributed by atoms with Crippen molar-refractivity contribution in [3.05, 3.63) is 71.0 Å². The van der Waals surface area contributed by atoms with E-state index < -0.39 is 11.7 Å². The molecule has 1 amide bonds. The van der Waals surface area contributed by atoms with Crippen LogP contribution in [-0.4, -0.2) is 12.1 Å². The van der Waals surface area contributed by atoms with E-state index in [1.807, 2.05) is 31.2 Å². The molecule has 0 spiro atoms. The number of amides is 1. The van der Waals surface area contributed by atoms with Crippen LogP contribution in [0.15, 0.2) is 53.6 Å². The Hall–Kier alpha value is -2.49. The normalized spacial score (nSPS) is 10.6. The number of hydrazone groups is 1. The largest absolute Gasteiger partial charge is 0.271 e. The van der Waals surface area contributed by atoms with Gasteiger partial charge in [-0.05, 0) is 30.7 Å². The average molecular weight is 256 g/mol. The summed E-state index contributed by atoms with van der Waals surface area (Å²) in [6.07, 6.45) is 1.55. The fraction of sp³-hybridized carbons (Fsp3) is 0.0667. The van der Waals surface area contributed by atoms with E-state index in [4.69, 9.17) is 0 Å².